The van der Waals surface area contributed by atoms with E-state index >= 15 is 0 Å². The van der Waals surface area contributed by atoms with Gasteiger partial charge in [-0.05, 0) is 19.8 Å². The van der Waals surface area contributed by atoms with E-state index in [2.05, 4.69) is 5.32 Å². The highest BCUT2D eigenvalue weighted by Crippen LogP contribution is 2.23. The number of aliphatic hydroxyl groups is 1. The van der Waals surface area contributed by atoms with Crippen LogP contribution in [0.5, 0.6) is 0 Å². The molecule has 1 heterocycles. The maximum atomic E-state index is 12.2. The predicted octanol–water partition coefficient (Wildman–Crippen LogP) is 0.768. The first-order valence-corrected chi connectivity index (χ1v) is 6.97. The smallest absolute Gasteiger partial charge is 0.227 e. The molecule has 0 aromatic rings. The van der Waals surface area contributed by atoms with E-state index in [0.717, 1.165) is 19.4 Å². The first kappa shape index (κ1) is 16.0. The van der Waals surface area contributed by atoms with Gasteiger partial charge in [0.1, 0.15) is 0 Å². The Labute approximate surface area is 115 Å². The Morgan fingerprint density at radius 2 is 2.05 bits per heavy atom. The maximum absolute atomic E-state index is 12.2. The van der Waals surface area contributed by atoms with Crippen molar-refractivity contribution in [1.29, 1.82) is 0 Å². The van der Waals surface area contributed by atoms with Gasteiger partial charge < -0.3 is 15.3 Å². The van der Waals surface area contributed by atoms with Crippen LogP contribution in [0, 0.1) is 11.3 Å². The van der Waals surface area contributed by atoms with Gasteiger partial charge in [0.05, 0.1) is 12.0 Å². The quantitative estimate of drug-likeness (QED) is 0.796. The van der Waals surface area contributed by atoms with Gasteiger partial charge in [0.2, 0.25) is 11.8 Å². The van der Waals surface area contributed by atoms with Gasteiger partial charge in [0.25, 0.3) is 0 Å². The number of hydrogen-bond donors (Lipinski definition) is 2. The molecule has 5 heteroatoms. The van der Waals surface area contributed by atoms with Crippen LogP contribution < -0.4 is 5.32 Å². The number of nitrogens with zero attached hydrogens (tertiary/aromatic N) is 1. The molecule has 1 aliphatic rings. The van der Waals surface area contributed by atoms with Gasteiger partial charge in [-0.25, -0.2) is 0 Å². The molecule has 19 heavy (non-hydrogen) atoms. The van der Waals surface area contributed by atoms with E-state index in [1.165, 1.54) is 0 Å². The largest absolute Gasteiger partial charge is 0.392 e. The number of carbonyl (C=O) groups excluding carboxylic acids is 2. The summed E-state index contributed by atoms with van der Waals surface area (Å²) in [5, 5.41) is 11.9. The highest BCUT2D eigenvalue weighted by atomic mass is 16.3. The minimum Gasteiger partial charge on any atom is -0.392 e. The third-order valence-electron chi connectivity index (χ3n) is 3.29. The molecule has 5 nitrogen and oxygen atoms in total. The van der Waals surface area contributed by atoms with Gasteiger partial charge in [0.15, 0.2) is 0 Å². The number of likely N-dealkylation sites (tertiary alicyclic amines) is 1. The molecule has 1 rings (SSSR count). The monoisotopic (exact) mass is 270 g/mol. The van der Waals surface area contributed by atoms with Crippen molar-refractivity contribution in [3.05, 3.63) is 0 Å². The van der Waals surface area contributed by atoms with Gasteiger partial charge in [-0.3, -0.25) is 9.59 Å². The van der Waals surface area contributed by atoms with Crippen LogP contribution in [0.15, 0.2) is 0 Å². The van der Waals surface area contributed by atoms with E-state index in [1.807, 2.05) is 20.8 Å². The number of amides is 2. The predicted molar refractivity (Wildman–Crippen MR) is 73.4 cm³/mol. The Bertz CT molecular complexity index is 334. The van der Waals surface area contributed by atoms with Gasteiger partial charge in [0, 0.05) is 25.0 Å². The van der Waals surface area contributed by atoms with Crippen molar-refractivity contribution in [3.63, 3.8) is 0 Å². The third kappa shape index (κ3) is 4.82. The molecular weight excluding hydrogens is 244 g/mol. The summed E-state index contributed by atoms with van der Waals surface area (Å²) in [4.78, 5) is 26.0. The summed E-state index contributed by atoms with van der Waals surface area (Å²) in [5.41, 5.74) is -0.405. The van der Waals surface area contributed by atoms with Gasteiger partial charge in [-0.15, -0.1) is 0 Å². The van der Waals surface area contributed by atoms with Crippen molar-refractivity contribution in [2.75, 3.05) is 19.6 Å². The summed E-state index contributed by atoms with van der Waals surface area (Å²) in [5.74, 6) is -0.119. The number of nitrogens with one attached hydrogen (secondary N) is 1. The number of carbonyl (C=O) groups is 2. The van der Waals surface area contributed by atoms with Crippen molar-refractivity contribution >= 4 is 11.8 Å². The summed E-state index contributed by atoms with van der Waals surface area (Å²) in [6, 6.07) is 0. The highest BCUT2D eigenvalue weighted by Gasteiger charge is 2.33. The maximum Gasteiger partial charge on any atom is 0.227 e. The molecule has 0 radical (unpaired) electrons. The molecule has 0 saturated carbocycles. The van der Waals surface area contributed by atoms with E-state index in [0.29, 0.717) is 6.54 Å². The van der Waals surface area contributed by atoms with E-state index in [-0.39, 0.29) is 24.3 Å². The number of piperidine rings is 1. The van der Waals surface area contributed by atoms with Crippen LogP contribution in [-0.4, -0.2) is 47.6 Å². The Morgan fingerprint density at radius 3 is 2.58 bits per heavy atom. The normalized spacial score (nSPS) is 21.9. The van der Waals surface area contributed by atoms with Crippen LogP contribution in [0.1, 0.15) is 40.5 Å². The first-order valence-electron chi connectivity index (χ1n) is 6.97. The van der Waals surface area contributed by atoms with Gasteiger partial charge in [-0.1, -0.05) is 20.8 Å². The minimum atomic E-state index is -0.542. The lowest BCUT2D eigenvalue weighted by molar-refractivity contribution is -0.142. The summed E-state index contributed by atoms with van der Waals surface area (Å²) in [6.45, 7) is 8.81. The molecule has 1 fully saturated rings. The van der Waals surface area contributed by atoms with Crippen molar-refractivity contribution in [2.24, 2.45) is 11.3 Å². The number of rotatable bonds is 3. The van der Waals surface area contributed by atoms with Crippen LogP contribution >= 0.6 is 0 Å². The molecule has 0 bridgehead atoms. The van der Waals surface area contributed by atoms with E-state index in [9.17, 15) is 9.59 Å². The van der Waals surface area contributed by atoms with Crippen LogP contribution in [-0.2, 0) is 9.59 Å². The zero-order valence-electron chi connectivity index (χ0n) is 12.4. The average molecular weight is 270 g/mol. The second-order valence-electron chi connectivity index (χ2n) is 6.43. The second kappa shape index (κ2) is 6.37. The summed E-state index contributed by atoms with van der Waals surface area (Å²) in [7, 11) is 0. The van der Waals surface area contributed by atoms with Crippen LogP contribution in [0.3, 0.4) is 0 Å². The Morgan fingerprint density at radius 1 is 1.42 bits per heavy atom. The molecule has 2 unspecified atom stereocenters. The molecule has 0 aromatic carbocycles. The first-order chi connectivity index (χ1) is 8.71. The third-order valence-corrected chi connectivity index (χ3v) is 3.29. The average Bonchev–Trinajstić information content (AvgIpc) is 2.34. The molecule has 2 amide bonds. The molecule has 0 aliphatic carbocycles. The van der Waals surface area contributed by atoms with Crippen molar-refractivity contribution in [1.82, 2.24) is 10.2 Å². The molecule has 2 N–H and O–H groups in total. The van der Waals surface area contributed by atoms with Crippen LogP contribution in [0.4, 0.5) is 0 Å². The molecule has 110 valence electrons. The molecule has 0 spiro atoms. The molecule has 2 atom stereocenters. The van der Waals surface area contributed by atoms with E-state index in [1.54, 1.807) is 11.8 Å². The van der Waals surface area contributed by atoms with Crippen LogP contribution in [0.25, 0.3) is 0 Å². The zero-order chi connectivity index (χ0) is 14.6. The molecule has 1 saturated heterocycles. The van der Waals surface area contributed by atoms with Crippen molar-refractivity contribution in [2.45, 2.75) is 46.6 Å². The SMILES string of the molecule is CC(O)CNC(=O)C1CCCN(C(=O)C(C)(C)C)C1. The Balaban J connectivity index is 2.55. The molecule has 0 aromatic heterocycles. The highest BCUT2D eigenvalue weighted by molar-refractivity contribution is 5.83. The second-order valence-corrected chi connectivity index (χ2v) is 6.43. The summed E-state index contributed by atoms with van der Waals surface area (Å²) >= 11 is 0. The zero-order valence-corrected chi connectivity index (χ0v) is 12.4. The minimum absolute atomic E-state index is 0.0627. The fourth-order valence-electron chi connectivity index (χ4n) is 2.24. The number of hydrogen-bond acceptors (Lipinski definition) is 3. The topological polar surface area (TPSA) is 69.6 Å². The van der Waals surface area contributed by atoms with Crippen molar-refractivity contribution < 1.29 is 14.7 Å². The summed E-state index contributed by atoms with van der Waals surface area (Å²) < 4.78 is 0. The fraction of sp³-hybridized carbons (Fsp3) is 0.857. The lowest BCUT2D eigenvalue weighted by atomic mass is 9.91. The molecule has 1 aliphatic heterocycles. The van der Waals surface area contributed by atoms with E-state index in [4.69, 9.17) is 5.11 Å². The Kier molecular flexibility index (Phi) is 5.35. The van der Waals surface area contributed by atoms with Gasteiger partial charge >= 0.3 is 0 Å². The summed E-state index contributed by atoms with van der Waals surface area (Å²) in [6.07, 6.45) is 1.12. The Hall–Kier alpha value is -1.10. The van der Waals surface area contributed by atoms with Crippen molar-refractivity contribution in [3.8, 4) is 0 Å². The standard InChI is InChI=1S/C14H26N2O3/c1-10(17)8-15-12(18)11-6-5-7-16(9-11)13(19)14(2,3)4/h10-11,17H,5-9H2,1-4H3,(H,15,18). The lowest BCUT2D eigenvalue weighted by Crippen LogP contribution is -2.49. The molecular formula is C14H26N2O3. The van der Waals surface area contributed by atoms with E-state index < -0.39 is 11.5 Å². The van der Waals surface area contributed by atoms with Crippen LogP contribution in [0.2, 0.25) is 0 Å². The number of aliphatic hydroxyl groups excluding tert-OH is 1. The van der Waals surface area contributed by atoms with Gasteiger partial charge in [-0.2, -0.15) is 0 Å². The fourth-order valence-corrected chi connectivity index (χ4v) is 2.24. The lowest BCUT2D eigenvalue weighted by Gasteiger charge is -2.35.